The van der Waals surface area contributed by atoms with Gasteiger partial charge in [0.2, 0.25) is 0 Å². The molecule has 4 nitrogen and oxygen atoms in total. The van der Waals surface area contributed by atoms with Gasteiger partial charge in [-0.15, -0.1) is 11.8 Å². The van der Waals surface area contributed by atoms with Gasteiger partial charge in [-0.05, 0) is 24.0 Å². The summed E-state index contributed by atoms with van der Waals surface area (Å²) in [6, 6.07) is 6.92. The highest BCUT2D eigenvalue weighted by atomic mass is 32.2. The van der Waals surface area contributed by atoms with Crippen molar-refractivity contribution in [2.24, 2.45) is 0 Å². The zero-order valence-electron chi connectivity index (χ0n) is 9.35. The van der Waals surface area contributed by atoms with Crippen molar-refractivity contribution in [3.05, 3.63) is 34.7 Å². The summed E-state index contributed by atoms with van der Waals surface area (Å²) >= 11 is 1.21. The molecule has 0 amide bonds. The maximum Gasteiger partial charge on any atom is 0.353 e. The summed E-state index contributed by atoms with van der Waals surface area (Å²) in [7, 11) is 1.56. The summed E-state index contributed by atoms with van der Waals surface area (Å²) < 4.78 is 9.61. The Kier molecular flexibility index (Phi) is 3.19. The second kappa shape index (κ2) is 4.63. The molecule has 1 heterocycles. The Morgan fingerprint density at radius 1 is 1.12 bits per heavy atom. The van der Waals surface area contributed by atoms with E-state index in [-0.39, 0.29) is 0 Å². The molecule has 0 spiro atoms. The Bertz CT molecular complexity index is 502. The smallest absolute Gasteiger partial charge is 0.353 e. The number of carbonyl (C=O) groups excluding carboxylic acids is 2. The molecule has 0 radical (unpaired) electrons. The fourth-order valence-electron chi connectivity index (χ4n) is 1.57. The van der Waals surface area contributed by atoms with Crippen molar-refractivity contribution in [1.82, 2.24) is 0 Å². The van der Waals surface area contributed by atoms with Crippen LogP contribution in [0.2, 0.25) is 0 Å². The van der Waals surface area contributed by atoms with Crippen LogP contribution in [0.4, 0.5) is 0 Å². The minimum atomic E-state index is -0.593. The maximum atomic E-state index is 11.6. The van der Waals surface area contributed by atoms with E-state index in [4.69, 9.17) is 4.74 Å². The fraction of sp³-hybridized carbons (Fsp3) is 0.167. The molecule has 1 aromatic carbocycles. The van der Waals surface area contributed by atoms with E-state index in [1.165, 1.54) is 11.8 Å². The predicted octanol–water partition coefficient (Wildman–Crippen LogP) is 1.85. The van der Waals surface area contributed by atoms with Gasteiger partial charge in [0.1, 0.15) is 10.7 Å². The molecular weight excluding hydrogens is 240 g/mol. The van der Waals surface area contributed by atoms with Crippen LogP contribution >= 0.6 is 11.8 Å². The van der Waals surface area contributed by atoms with Gasteiger partial charge in [0.15, 0.2) is 0 Å². The third-order valence-electron chi connectivity index (χ3n) is 2.38. The van der Waals surface area contributed by atoms with Crippen LogP contribution in [-0.4, -0.2) is 25.3 Å². The van der Waals surface area contributed by atoms with Crippen molar-refractivity contribution in [2.45, 2.75) is 0 Å². The number of methoxy groups -OCH3 is 1. The zero-order valence-corrected chi connectivity index (χ0v) is 10.2. The number of cyclic esters (lactones) is 2. The average molecular weight is 250 g/mol. The number of hydrogen-bond acceptors (Lipinski definition) is 5. The van der Waals surface area contributed by atoms with Gasteiger partial charge >= 0.3 is 11.9 Å². The molecule has 1 aromatic rings. The van der Waals surface area contributed by atoms with Gasteiger partial charge < -0.3 is 9.47 Å². The summed E-state index contributed by atoms with van der Waals surface area (Å²) in [6.45, 7) is 0. The molecule has 0 aromatic heterocycles. The minimum Gasteiger partial charge on any atom is -0.497 e. The molecule has 0 saturated carbocycles. The van der Waals surface area contributed by atoms with Crippen molar-refractivity contribution in [3.63, 3.8) is 0 Å². The van der Waals surface area contributed by atoms with E-state index in [1.54, 1.807) is 37.6 Å². The van der Waals surface area contributed by atoms with Gasteiger partial charge in [-0.3, -0.25) is 0 Å². The lowest BCUT2D eigenvalue weighted by atomic mass is 10.1. The van der Waals surface area contributed by atoms with Crippen molar-refractivity contribution >= 4 is 29.3 Å². The molecule has 17 heavy (non-hydrogen) atoms. The SMILES string of the molecule is COc1ccc(C2=C(SC)C(=O)OC2=O)cc1. The van der Waals surface area contributed by atoms with Gasteiger partial charge in [-0.2, -0.15) is 0 Å². The summed E-state index contributed by atoms with van der Waals surface area (Å²) in [4.78, 5) is 23.3. The zero-order chi connectivity index (χ0) is 12.4. The van der Waals surface area contributed by atoms with Crippen LogP contribution in [0.15, 0.2) is 29.2 Å². The van der Waals surface area contributed by atoms with E-state index in [2.05, 4.69) is 4.74 Å². The summed E-state index contributed by atoms with van der Waals surface area (Å²) in [5.74, 6) is -0.476. The Balaban J connectivity index is 2.46. The van der Waals surface area contributed by atoms with Gasteiger partial charge in [0, 0.05) is 0 Å². The van der Waals surface area contributed by atoms with E-state index in [0.29, 0.717) is 21.8 Å². The Hall–Kier alpha value is -1.75. The second-order valence-corrected chi connectivity index (χ2v) is 4.13. The van der Waals surface area contributed by atoms with Crippen LogP contribution < -0.4 is 4.74 Å². The Morgan fingerprint density at radius 2 is 1.76 bits per heavy atom. The van der Waals surface area contributed by atoms with Crippen molar-refractivity contribution in [2.75, 3.05) is 13.4 Å². The first-order chi connectivity index (χ1) is 8.17. The summed E-state index contributed by atoms with van der Waals surface area (Å²) in [5, 5.41) is 0. The molecule has 2 rings (SSSR count). The second-order valence-electron chi connectivity index (χ2n) is 3.31. The van der Waals surface area contributed by atoms with E-state index >= 15 is 0 Å². The number of hydrogen-bond donors (Lipinski definition) is 0. The molecule has 0 fully saturated rings. The monoisotopic (exact) mass is 250 g/mol. The molecule has 1 aliphatic rings. The largest absolute Gasteiger partial charge is 0.497 e. The highest BCUT2D eigenvalue weighted by molar-refractivity contribution is 8.03. The van der Waals surface area contributed by atoms with Gasteiger partial charge in [-0.25, -0.2) is 9.59 Å². The van der Waals surface area contributed by atoms with Crippen LogP contribution in [0.25, 0.3) is 5.57 Å². The average Bonchev–Trinajstić information content (AvgIpc) is 2.63. The molecular formula is C12H10O4S. The first-order valence-corrected chi connectivity index (χ1v) is 6.09. The van der Waals surface area contributed by atoms with Gasteiger partial charge in [0.05, 0.1) is 12.7 Å². The number of benzene rings is 1. The summed E-state index contributed by atoms with van der Waals surface area (Å²) in [6.07, 6.45) is 1.73. The first kappa shape index (κ1) is 11.7. The molecule has 0 aliphatic carbocycles. The molecule has 88 valence electrons. The lowest BCUT2D eigenvalue weighted by Gasteiger charge is -2.02. The number of thioether (sulfide) groups is 1. The van der Waals surface area contributed by atoms with Crippen molar-refractivity contribution < 1.29 is 19.1 Å². The van der Waals surface area contributed by atoms with Crippen LogP contribution in [-0.2, 0) is 14.3 Å². The number of rotatable bonds is 3. The van der Waals surface area contributed by atoms with E-state index in [9.17, 15) is 9.59 Å². The quantitative estimate of drug-likeness (QED) is 0.605. The van der Waals surface area contributed by atoms with Crippen LogP contribution in [0, 0.1) is 0 Å². The number of ether oxygens (including phenoxy) is 2. The van der Waals surface area contributed by atoms with Crippen molar-refractivity contribution in [3.8, 4) is 5.75 Å². The van der Waals surface area contributed by atoms with Gasteiger partial charge in [-0.1, -0.05) is 12.1 Å². The van der Waals surface area contributed by atoms with Crippen LogP contribution in [0.1, 0.15) is 5.56 Å². The third-order valence-corrected chi connectivity index (χ3v) is 3.16. The first-order valence-electron chi connectivity index (χ1n) is 4.86. The Morgan fingerprint density at radius 3 is 2.29 bits per heavy atom. The Labute approximate surface area is 103 Å². The minimum absolute atomic E-state index is 0.324. The fourth-order valence-corrected chi connectivity index (χ4v) is 2.18. The normalized spacial score (nSPS) is 15.2. The van der Waals surface area contributed by atoms with Crippen LogP contribution in [0.3, 0.4) is 0 Å². The maximum absolute atomic E-state index is 11.6. The standard InChI is InChI=1S/C12H10O4S/c1-15-8-5-3-7(4-6-8)9-10(17-2)12(14)16-11(9)13/h3-6H,1-2H3. The molecule has 1 aliphatic heterocycles. The number of esters is 2. The highest BCUT2D eigenvalue weighted by Crippen LogP contribution is 2.33. The highest BCUT2D eigenvalue weighted by Gasteiger charge is 2.33. The van der Waals surface area contributed by atoms with E-state index < -0.39 is 11.9 Å². The topological polar surface area (TPSA) is 52.6 Å². The molecule has 0 N–H and O–H groups in total. The summed E-state index contributed by atoms with van der Waals surface area (Å²) in [5.41, 5.74) is 0.983. The molecule has 0 saturated heterocycles. The number of carbonyl (C=O) groups is 2. The van der Waals surface area contributed by atoms with Crippen molar-refractivity contribution in [1.29, 1.82) is 0 Å². The molecule has 0 unspecified atom stereocenters. The van der Waals surface area contributed by atoms with Crippen LogP contribution in [0.5, 0.6) is 5.75 Å². The predicted molar refractivity (Wildman–Crippen MR) is 64.5 cm³/mol. The lowest BCUT2D eigenvalue weighted by molar-refractivity contribution is -0.149. The van der Waals surface area contributed by atoms with Gasteiger partial charge in [0.25, 0.3) is 0 Å². The molecule has 0 bridgehead atoms. The van der Waals surface area contributed by atoms with E-state index in [1.807, 2.05) is 0 Å². The lowest BCUT2D eigenvalue weighted by Crippen LogP contribution is -2.01. The van der Waals surface area contributed by atoms with E-state index in [0.717, 1.165) is 0 Å². The molecule has 5 heteroatoms. The third kappa shape index (κ3) is 2.06. The molecule has 0 atom stereocenters.